The van der Waals surface area contributed by atoms with Gasteiger partial charge in [-0.15, -0.1) is 0 Å². The van der Waals surface area contributed by atoms with Crippen molar-refractivity contribution in [2.45, 2.75) is 57.9 Å². The molecule has 3 heteroatoms. The molecule has 3 nitrogen and oxygen atoms in total. The SMILES string of the molecule is CC1(C)CCCN1CCCCCC(=O)O. The fourth-order valence-electron chi connectivity index (χ4n) is 2.33. The number of likely N-dealkylation sites (tertiary alicyclic amines) is 1. The van der Waals surface area contributed by atoms with E-state index in [1.54, 1.807) is 0 Å². The molecule has 15 heavy (non-hydrogen) atoms. The van der Waals surface area contributed by atoms with Crippen molar-refractivity contribution in [3.8, 4) is 0 Å². The number of rotatable bonds is 6. The second-order valence-corrected chi connectivity index (χ2v) is 5.11. The first kappa shape index (κ1) is 12.5. The van der Waals surface area contributed by atoms with Gasteiger partial charge in [0.25, 0.3) is 0 Å². The highest BCUT2D eigenvalue weighted by atomic mass is 16.4. The van der Waals surface area contributed by atoms with Gasteiger partial charge in [-0.05, 0) is 52.6 Å². The molecule has 0 bridgehead atoms. The van der Waals surface area contributed by atoms with Crippen LogP contribution in [-0.4, -0.2) is 34.6 Å². The molecule has 0 spiro atoms. The Morgan fingerprint density at radius 1 is 1.33 bits per heavy atom. The third-order valence-corrected chi connectivity index (χ3v) is 3.39. The maximum absolute atomic E-state index is 10.3. The standard InChI is InChI=1S/C12H23NO2/c1-12(2)8-6-10-13(12)9-5-3-4-7-11(14)15/h3-10H2,1-2H3,(H,14,15). The molecule has 1 N–H and O–H groups in total. The van der Waals surface area contributed by atoms with E-state index in [-0.39, 0.29) is 0 Å². The number of carboxylic acids is 1. The van der Waals surface area contributed by atoms with E-state index < -0.39 is 5.97 Å². The Kier molecular flexibility index (Phi) is 4.58. The first-order valence-electron chi connectivity index (χ1n) is 5.99. The number of hydrogen-bond acceptors (Lipinski definition) is 2. The van der Waals surface area contributed by atoms with Crippen LogP contribution in [0, 0.1) is 0 Å². The van der Waals surface area contributed by atoms with Crippen LogP contribution in [0.1, 0.15) is 52.4 Å². The van der Waals surface area contributed by atoms with Crippen LogP contribution in [0.3, 0.4) is 0 Å². The zero-order valence-corrected chi connectivity index (χ0v) is 9.96. The second-order valence-electron chi connectivity index (χ2n) is 5.11. The molecule has 1 aliphatic heterocycles. The topological polar surface area (TPSA) is 40.5 Å². The van der Waals surface area contributed by atoms with Gasteiger partial charge in [0, 0.05) is 12.0 Å². The number of nitrogens with zero attached hydrogens (tertiary/aromatic N) is 1. The summed E-state index contributed by atoms with van der Waals surface area (Å²) in [7, 11) is 0. The Labute approximate surface area is 92.5 Å². The Morgan fingerprint density at radius 3 is 2.60 bits per heavy atom. The maximum Gasteiger partial charge on any atom is 0.303 e. The molecule has 1 rings (SSSR count). The molecule has 0 aromatic heterocycles. The van der Waals surface area contributed by atoms with Crippen molar-refractivity contribution in [3.05, 3.63) is 0 Å². The van der Waals surface area contributed by atoms with Gasteiger partial charge in [-0.3, -0.25) is 9.69 Å². The van der Waals surface area contributed by atoms with Crippen molar-refractivity contribution in [3.63, 3.8) is 0 Å². The number of carbonyl (C=O) groups is 1. The Morgan fingerprint density at radius 2 is 2.07 bits per heavy atom. The average molecular weight is 213 g/mol. The van der Waals surface area contributed by atoms with Crippen LogP contribution in [0.2, 0.25) is 0 Å². The Hall–Kier alpha value is -0.570. The highest BCUT2D eigenvalue weighted by Gasteiger charge is 2.30. The van der Waals surface area contributed by atoms with Crippen molar-refractivity contribution < 1.29 is 9.90 Å². The third-order valence-electron chi connectivity index (χ3n) is 3.39. The number of hydrogen-bond donors (Lipinski definition) is 1. The Balaban J connectivity index is 2.07. The summed E-state index contributed by atoms with van der Waals surface area (Å²) in [5, 5.41) is 8.50. The van der Waals surface area contributed by atoms with E-state index in [1.165, 1.54) is 19.4 Å². The van der Waals surface area contributed by atoms with E-state index >= 15 is 0 Å². The summed E-state index contributed by atoms with van der Waals surface area (Å²) in [6.07, 6.45) is 5.92. The highest BCUT2D eigenvalue weighted by Crippen LogP contribution is 2.28. The number of unbranched alkanes of at least 4 members (excludes halogenated alkanes) is 2. The highest BCUT2D eigenvalue weighted by molar-refractivity contribution is 5.66. The van der Waals surface area contributed by atoms with Gasteiger partial charge in [-0.2, -0.15) is 0 Å². The molecule has 0 unspecified atom stereocenters. The average Bonchev–Trinajstić information content (AvgIpc) is 2.44. The first-order valence-corrected chi connectivity index (χ1v) is 5.99. The predicted octanol–water partition coefficient (Wildman–Crippen LogP) is 2.51. The summed E-state index contributed by atoms with van der Waals surface area (Å²) in [5.74, 6) is -0.670. The quantitative estimate of drug-likeness (QED) is 0.689. The molecule has 0 aliphatic carbocycles. The van der Waals surface area contributed by atoms with E-state index in [1.807, 2.05) is 0 Å². The monoisotopic (exact) mass is 213 g/mol. The van der Waals surface area contributed by atoms with Crippen molar-refractivity contribution in [2.75, 3.05) is 13.1 Å². The summed E-state index contributed by atoms with van der Waals surface area (Å²) < 4.78 is 0. The van der Waals surface area contributed by atoms with Gasteiger partial charge in [0.1, 0.15) is 0 Å². The van der Waals surface area contributed by atoms with E-state index in [0.717, 1.165) is 25.8 Å². The number of carboxylic acid groups (broad SMARTS) is 1. The van der Waals surface area contributed by atoms with Gasteiger partial charge in [-0.25, -0.2) is 0 Å². The van der Waals surface area contributed by atoms with Crippen LogP contribution in [0.25, 0.3) is 0 Å². The summed E-state index contributed by atoms with van der Waals surface area (Å²) in [5.41, 5.74) is 0.368. The van der Waals surface area contributed by atoms with Crippen LogP contribution in [0.4, 0.5) is 0 Å². The molecule has 88 valence electrons. The molecule has 1 fully saturated rings. The molecule has 0 aromatic rings. The largest absolute Gasteiger partial charge is 0.481 e. The van der Waals surface area contributed by atoms with Gasteiger partial charge in [-0.1, -0.05) is 6.42 Å². The van der Waals surface area contributed by atoms with Crippen LogP contribution in [0.5, 0.6) is 0 Å². The molecule has 1 heterocycles. The number of aliphatic carboxylic acids is 1. The van der Waals surface area contributed by atoms with Crippen LogP contribution in [0.15, 0.2) is 0 Å². The van der Waals surface area contributed by atoms with Gasteiger partial charge in [0.2, 0.25) is 0 Å². The summed E-state index contributed by atoms with van der Waals surface area (Å²) >= 11 is 0. The van der Waals surface area contributed by atoms with Crippen molar-refractivity contribution in [2.24, 2.45) is 0 Å². The van der Waals surface area contributed by atoms with E-state index in [9.17, 15) is 4.79 Å². The molecule has 0 amide bonds. The van der Waals surface area contributed by atoms with Crippen molar-refractivity contribution in [1.29, 1.82) is 0 Å². The predicted molar refractivity (Wildman–Crippen MR) is 61.0 cm³/mol. The minimum Gasteiger partial charge on any atom is -0.481 e. The molecular weight excluding hydrogens is 190 g/mol. The summed E-state index contributed by atoms with van der Waals surface area (Å²) in [4.78, 5) is 12.8. The zero-order valence-electron chi connectivity index (χ0n) is 9.96. The van der Waals surface area contributed by atoms with Gasteiger partial charge < -0.3 is 5.11 Å². The smallest absolute Gasteiger partial charge is 0.303 e. The summed E-state index contributed by atoms with van der Waals surface area (Å²) in [6, 6.07) is 0. The minimum absolute atomic E-state index is 0.323. The lowest BCUT2D eigenvalue weighted by Gasteiger charge is -2.31. The van der Waals surface area contributed by atoms with Gasteiger partial charge >= 0.3 is 5.97 Å². The molecule has 0 aromatic carbocycles. The fraction of sp³-hybridized carbons (Fsp3) is 0.917. The minimum atomic E-state index is -0.670. The van der Waals surface area contributed by atoms with Crippen molar-refractivity contribution >= 4 is 5.97 Å². The van der Waals surface area contributed by atoms with Gasteiger partial charge in [0.15, 0.2) is 0 Å². The third kappa shape index (κ3) is 4.20. The zero-order chi connectivity index (χ0) is 11.3. The normalized spacial score (nSPS) is 20.7. The lowest BCUT2D eigenvalue weighted by atomic mass is 10.0. The summed E-state index contributed by atoms with van der Waals surface area (Å²) in [6.45, 7) is 6.95. The van der Waals surface area contributed by atoms with Crippen LogP contribution < -0.4 is 0 Å². The van der Waals surface area contributed by atoms with E-state index in [4.69, 9.17) is 5.11 Å². The van der Waals surface area contributed by atoms with Crippen molar-refractivity contribution in [1.82, 2.24) is 4.90 Å². The molecule has 1 saturated heterocycles. The van der Waals surface area contributed by atoms with Gasteiger partial charge in [0.05, 0.1) is 0 Å². The first-order chi connectivity index (χ1) is 7.02. The maximum atomic E-state index is 10.3. The van der Waals surface area contributed by atoms with E-state index in [2.05, 4.69) is 18.7 Å². The second kappa shape index (κ2) is 5.50. The Bertz CT molecular complexity index is 214. The van der Waals surface area contributed by atoms with E-state index in [0.29, 0.717) is 12.0 Å². The lowest BCUT2D eigenvalue weighted by Crippen LogP contribution is -2.38. The lowest BCUT2D eigenvalue weighted by molar-refractivity contribution is -0.137. The molecule has 0 saturated carbocycles. The fourth-order valence-corrected chi connectivity index (χ4v) is 2.33. The molecule has 0 atom stereocenters. The molecular formula is C12H23NO2. The molecule has 0 radical (unpaired) electrons. The van der Waals surface area contributed by atoms with Crippen LogP contribution >= 0.6 is 0 Å². The molecule has 1 aliphatic rings. The van der Waals surface area contributed by atoms with Crippen LogP contribution in [-0.2, 0) is 4.79 Å².